The van der Waals surface area contributed by atoms with Crippen molar-refractivity contribution < 1.29 is 4.79 Å². The molecule has 22 heavy (non-hydrogen) atoms. The largest absolute Gasteiger partial charge is 0.355 e. The number of amides is 1. The lowest BCUT2D eigenvalue weighted by Crippen LogP contribution is -2.38. The molecule has 0 aliphatic rings. The molecule has 4 heteroatoms. The third-order valence-corrected chi connectivity index (χ3v) is 4.42. The van der Waals surface area contributed by atoms with Crippen molar-refractivity contribution in [2.75, 3.05) is 19.6 Å². The fourth-order valence-electron chi connectivity index (χ4n) is 2.47. The monoisotopic (exact) mass is 368 g/mol. The maximum Gasteiger partial charge on any atom is 0.220 e. The second kappa shape index (κ2) is 10.8. The van der Waals surface area contributed by atoms with Crippen molar-refractivity contribution in [1.29, 1.82) is 0 Å². The molecule has 0 saturated carbocycles. The number of unbranched alkanes of at least 4 members (excludes halogenated alkanes) is 1. The van der Waals surface area contributed by atoms with Crippen LogP contribution in [0.4, 0.5) is 0 Å². The lowest BCUT2D eigenvalue weighted by molar-refractivity contribution is -0.121. The van der Waals surface area contributed by atoms with Gasteiger partial charge in [0.15, 0.2) is 0 Å². The number of aryl methyl sites for hydroxylation is 1. The molecule has 0 aliphatic heterocycles. The summed E-state index contributed by atoms with van der Waals surface area (Å²) in [4.78, 5) is 14.2. The van der Waals surface area contributed by atoms with Gasteiger partial charge in [-0.2, -0.15) is 0 Å². The second-order valence-electron chi connectivity index (χ2n) is 5.91. The third-order valence-electron chi connectivity index (χ3n) is 3.89. The van der Waals surface area contributed by atoms with Gasteiger partial charge in [0.2, 0.25) is 5.91 Å². The van der Waals surface area contributed by atoms with E-state index in [1.807, 2.05) is 0 Å². The van der Waals surface area contributed by atoms with E-state index in [9.17, 15) is 4.79 Å². The highest BCUT2D eigenvalue weighted by Gasteiger charge is 2.07. The summed E-state index contributed by atoms with van der Waals surface area (Å²) in [5.74, 6) is 0.176. The Kier molecular flexibility index (Phi) is 9.41. The quantitative estimate of drug-likeness (QED) is 0.632. The predicted octanol–water partition coefficient (Wildman–Crippen LogP) is 4.01. The summed E-state index contributed by atoms with van der Waals surface area (Å²) in [6, 6.07) is 8.94. The van der Waals surface area contributed by atoms with Crippen LogP contribution in [0.25, 0.3) is 0 Å². The van der Waals surface area contributed by atoms with Crippen molar-refractivity contribution in [3.63, 3.8) is 0 Å². The Morgan fingerprint density at radius 1 is 1.23 bits per heavy atom. The van der Waals surface area contributed by atoms with Crippen LogP contribution in [0.15, 0.2) is 28.7 Å². The van der Waals surface area contributed by atoms with Crippen molar-refractivity contribution in [2.24, 2.45) is 0 Å². The van der Waals surface area contributed by atoms with Gasteiger partial charge in [-0.3, -0.25) is 9.69 Å². The molecule has 1 amide bonds. The number of hydrogen-bond acceptors (Lipinski definition) is 2. The normalized spacial score (nSPS) is 11.2. The Morgan fingerprint density at radius 3 is 2.50 bits per heavy atom. The van der Waals surface area contributed by atoms with E-state index in [-0.39, 0.29) is 5.91 Å². The highest BCUT2D eigenvalue weighted by atomic mass is 79.9. The average molecular weight is 369 g/mol. The molecule has 0 heterocycles. The number of likely N-dealkylation sites (N-methyl/N-ethyl adjacent to an activating group) is 1. The van der Waals surface area contributed by atoms with Gasteiger partial charge in [-0.1, -0.05) is 35.0 Å². The molecule has 0 fully saturated rings. The van der Waals surface area contributed by atoms with Crippen LogP contribution in [0.5, 0.6) is 0 Å². The van der Waals surface area contributed by atoms with Gasteiger partial charge in [-0.15, -0.1) is 0 Å². The summed E-state index contributed by atoms with van der Waals surface area (Å²) in [5.41, 5.74) is 1.33. The molecule has 1 aromatic carbocycles. The van der Waals surface area contributed by atoms with Crippen molar-refractivity contribution in [3.05, 3.63) is 34.3 Å². The lowest BCUT2D eigenvalue weighted by atomic mass is 10.1. The number of rotatable bonds is 10. The third kappa shape index (κ3) is 7.95. The molecule has 0 aliphatic carbocycles. The van der Waals surface area contributed by atoms with Gasteiger partial charge in [0.25, 0.3) is 0 Å². The number of hydrogen-bond donors (Lipinski definition) is 1. The Balaban J connectivity index is 2.09. The SMILES string of the molecule is CCN(CCNC(=O)CCCCc1ccc(Br)cc1)C(C)C. The standard InChI is InChI=1S/C18H29BrN2O/c1-4-21(15(2)3)14-13-20-18(22)8-6-5-7-16-9-11-17(19)12-10-16/h9-12,15H,4-8,13-14H2,1-3H3,(H,20,22). The highest BCUT2D eigenvalue weighted by Crippen LogP contribution is 2.12. The van der Waals surface area contributed by atoms with Crippen LogP contribution in [-0.4, -0.2) is 36.5 Å². The zero-order valence-corrected chi connectivity index (χ0v) is 15.7. The smallest absolute Gasteiger partial charge is 0.220 e. The van der Waals surface area contributed by atoms with Crippen molar-refractivity contribution >= 4 is 21.8 Å². The molecular weight excluding hydrogens is 340 g/mol. The van der Waals surface area contributed by atoms with Gasteiger partial charge in [0.05, 0.1) is 0 Å². The minimum absolute atomic E-state index is 0.176. The summed E-state index contributed by atoms with van der Waals surface area (Å²) in [5, 5.41) is 3.02. The van der Waals surface area contributed by atoms with Crippen molar-refractivity contribution in [2.45, 2.75) is 52.5 Å². The molecule has 1 N–H and O–H groups in total. The molecule has 1 rings (SSSR count). The van der Waals surface area contributed by atoms with Gasteiger partial charge >= 0.3 is 0 Å². The van der Waals surface area contributed by atoms with Crippen molar-refractivity contribution in [3.8, 4) is 0 Å². The Morgan fingerprint density at radius 2 is 1.91 bits per heavy atom. The van der Waals surface area contributed by atoms with E-state index in [0.29, 0.717) is 12.5 Å². The number of benzene rings is 1. The van der Waals surface area contributed by atoms with Crippen LogP contribution >= 0.6 is 15.9 Å². The van der Waals surface area contributed by atoms with Gasteiger partial charge < -0.3 is 5.32 Å². The maximum atomic E-state index is 11.8. The first kappa shape index (κ1) is 19.2. The zero-order chi connectivity index (χ0) is 16.4. The molecule has 0 saturated heterocycles. The van der Waals surface area contributed by atoms with E-state index in [2.05, 4.69) is 71.2 Å². The molecular formula is C18H29BrN2O. The Labute approximate surface area is 143 Å². The second-order valence-corrected chi connectivity index (χ2v) is 6.82. The number of halogens is 1. The van der Waals surface area contributed by atoms with Gasteiger partial charge in [-0.05, 0) is 57.4 Å². The van der Waals surface area contributed by atoms with Gasteiger partial charge in [-0.25, -0.2) is 0 Å². The van der Waals surface area contributed by atoms with E-state index in [4.69, 9.17) is 0 Å². The number of carbonyl (C=O) groups is 1. The van der Waals surface area contributed by atoms with E-state index in [1.165, 1.54) is 5.56 Å². The minimum atomic E-state index is 0.176. The van der Waals surface area contributed by atoms with Crippen LogP contribution in [0, 0.1) is 0 Å². The fourth-order valence-corrected chi connectivity index (χ4v) is 2.74. The maximum absolute atomic E-state index is 11.8. The van der Waals surface area contributed by atoms with E-state index in [1.54, 1.807) is 0 Å². The summed E-state index contributed by atoms with van der Waals surface area (Å²) in [7, 11) is 0. The molecule has 0 spiro atoms. The predicted molar refractivity (Wildman–Crippen MR) is 97.1 cm³/mol. The molecule has 3 nitrogen and oxygen atoms in total. The van der Waals surface area contributed by atoms with Crippen LogP contribution in [-0.2, 0) is 11.2 Å². The Bertz CT molecular complexity index is 431. The number of nitrogens with one attached hydrogen (secondary N) is 1. The van der Waals surface area contributed by atoms with E-state index >= 15 is 0 Å². The van der Waals surface area contributed by atoms with E-state index < -0.39 is 0 Å². The van der Waals surface area contributed by atoms with Crippen LogP contribution < -0.4 is 5.32 Å². The first-order valence-electron chi connectivity index (χ1n) is 8.28. The lowest BCUT2D eigenvalue weighted by Gasteiger charge is -2.24. The Hall–Kier alpha value is -0.870. The molecule has 124 valence electrons. The van der Waals surface area contributed by atoms with Crippen molar-refractivity contribution in [1.82, 2.24) is 10.2 Å². The molecule has 0 bridgehead atoms. The molecule has 1 aromatic rings. The summed E-state index contributed by atoms with van der Waals surface area (Å²) >= 11 is 3.44. The molecule has 0 radical (unpaired) electrons. The molecule has 0 aromatic heterocycles. The first-order chi connectivity index (χ1) is 10.5. The van der Waals surface area contributed by atoms with Gasteiger partial charge in [0.1, 0.15) is 0 Å². The molecule has 0 atom stereocenters. The van der Waals surface area contributed by atoms with Crippen LogP contribution in [0.2, 0.25) is 0 Å². The first-order valence-corrected chi connectivity index (χ1v) is 9.07. The summed E-state index contributed by atoms with van der Waals surface area (Å²) in [6.45, 7) is 9.24. The zero-order valence-electron chi connectivity index (χ0n) is 14.1. The van der Waals surface area contributed by atoms with Crippen LogP contribution in [0.1, 0.15) is 45.6 Å². The summed E-state index contributed by atoms with van der Waals surface area (Å²) < 4.78 is 1.11. The number of carbonyl (C=O) groups excluding carboxylic acids is 1. The topological polar surface area (TPSA) is 32.3 Å². The minimum Gasteiger partial charge on any atom is -0.355 e. The highest BCUT2D eigenvalue weighted by molar-refractivity contribution is 9.10. The van der Waals surface area contributed by atoms with E-state index in [0.717, 1.165) is 43.4 Å². The fraction of sp³-hybridized carbons (Fsp3) is 0.611. The van der Waals surface area contributed by atoms with Crippen LogP contribution in [0.3, 0.4) is 0 Å². The summed E-state index contributed by atoms with van der Waals surface area (Å²) in [6.07, 6.45) is 3.67. The number of nitrogens with zero attached hydrogens (tertiary/aromatic N) is 1. The van der Waals surface area contributed by atoms with Gasteiger partial charge in [0, 0.05) is 30.0 Å². The average Bonchev–Trinajstić information content (AvgIpc) is 2.49. The molecule has 0 unspecified atom stereocenters.